The van der Waals surface area contributed by atoms with Crippen LogP contribution in [-0.2, 0) is 15.8 Å². The van der Waals surface area contributed by atoms with Crippen molar-refractivity contribution in [3.8, 4) is 10.6 Å². The summed E-state index contributed by atoms with van der Waals surface area (Å²) in [6.45, 7) is 1.79. The highest BCUT2D eigenvalue weighted by Gasteiger charge is 2.15. The summed E-state index contributed by atoms with van der Waals surface area (Å²) in [6.07, 6.45) is 0. The van der Waals surface area contributed by atoms with Crippen LogP contribution in [0, 0.1) is 18.6 Å². The zero-order valence-electron chi connectivity index (χ0n) is 15.3. The average Bonchev–Trinajstić information content (AvgIpc) is 3.06. The van der Waals surface area contributed by atoms with Crippen molar-refractivity contribution in [1.29, 1.82) is 0 Å². The molecule has 0 aliphatic heterocycles. The molecule has 29 heavy (non-hydrogen) atoms. The lowest BCUT2D eigenvalue weighted by molar-refractivity contribution is 0.579. The Balaban J connectivity index is 1.57. The summed E-state index contributed by atoms with van der Waals surface area (Å²) >= 11 is 1.56. The summed E-state index contributed by atoms with van der Waals surface area (Å²) in [5.74, 6) is -2.15. The van der Waals surface area contributed by atoms with E-state index in [0.29, 0.717) is 11.8 Å². The molecule has 0 bridgehead atoms. The van der Waals surface area contributed by atoms with Crippen molar-refractivity contribution in [3.63, 3.8) is 0 Å². The highest BCUT2D eigenvalue weighted by Crippen LogP contribution is 2.32. The van der Waals surface area contributed by atoms with Gasteiger partial charge in [0.15, 0.2) is 0 Å². The summed E-state index contributed by atoms with van der Waals surface area (Å²) in [7, 11) is -3.84. The summed E-state index contributed by atoms with van der Waals surface area (Å²) in [5, 5.41) is 0.846. The second-order valence-corrected chi connectivity index (χ2v) is 9.41. The molecule has 0 unspecified atom stereocenters. The Labute approximate surface area is 170 Å². The number of nitrogens with one attached hydrogen (secondary N) is 1. The number of nitrogens with zero attached hydrogens (tertiary/aromatic N) is 1. The van der Waals surface area contributed by atoms with Crippen molar-refractivity contribution in [2.75, 3.05) is 4.72 Å². The third kappa shape index (κ3) is 4.44. The molecule has 1 N–H and O–H groups in total. The molecule has 148 valence electrons. The third-order valence-electron chi connectivity index (χ3n) is 4.31. The quantitative estimate of drug-likeness (QED) is 0.455. The Morgan fingerprint density at radius 3 is 2.41 bits per heavy atom. The standard InChI is InChI=1S/C21H16F2N2O2S2/c1-13-8-15(21-24-19-4-2-3-5-20(19)28-21)6-7-18(13)25-29(26,27)12-14-9-16(22)11-17(23)10-14/h2-11,25H,12H2,1H3. The first-order valence-electron chi connectivity index (χ1n) is 8.71. The molecule has 0 saturated heterocycles. The molecule has 1 heterocycles. The van der Waals surface area contributed by atoms with Crippen LogP contribution in [0.25, 0.3) is 20.8 Å². The lowest BCUT2D eigenvalue weighted by Gasteiger charge is -2.12. The predicted molar refractivity (Wildman–Crippen MR) is 112 cm³/mol. The van der Waals surface area contributed by atoms with E-state index in [1.54, 1.807) is 30.4 Å². The van der Waals surface area contributed by atoms with Gasteiger partial charge in [-0.1, -0.05) is 12.1 Å². The van der Waals surface area contributed by atoms with Crippen molar-refractivity contribution in [1.82, 2.24) is 4.98 Å². The zero-order valence-corrected chi connectivity index (χ0v) is 16.9. The second-order valence-electron chi connectivity index (χ2n) is 6.66. The highest BCUT2D eigenvalue weighted by atomic mass is 32.2. The Morgan fingerprint density at radius 2 is 1.72 bits per heavy atom. The van der Waals surface area contributed by atoms with Crippen LogP contribution in [0.5, 0.6) is 0 Å². The molecule has 0 amide bonds. The Hall–Kier alpha value is -2.84. The smallest absolute Gasteiger partial charge is 0.236 e. The molecular weight excluding hydrogens is 414 g/mol. The van der Waals surface area contributed by atoms with E-state index in [0.717, 1.165) is 38.5 Å². The number of fused-ring (bicyclic) bond motifs is 1. The lowest BCUT2D eigenvalue weighted by Crippen LogP contribution is -2.16. The SMILES string of the molecule is Cc1cc(-c2nc3ccccc3s2)ccc1NS(=O)(=O)Cc1cc(F)cc(F)c1. The molecule has 1 aromatic heterocycles. The number of sulfonamides is 1. The van der Waals surface area contributed by atoms with Crippen LogP contribution in [0.1, 0.15) is 11.1 Å². The minimum Gasteiger partial charge on any atom is -0.283 e. The van der Waals surface area contributed by atoms with Crippen LogP contribution in [0.3, 0.4) is 0 Å². The maximum Gasteiger partial charge on any atom is 0.236 e. The fraction of sp³-hybridized carbons (Fsp3) is 0.0952. The van der Waals surface area contributed by atoms with Gasteiger partial charge in [0.05, 0.1) is 21.7 Å². The number of para-hydroxylation sites is 1. The van der Waals surface area contributed by atoms with Gasteiger partial charge in [-0.15, -0.1) is 11.3 Å². The van der Waals surface area contributed by atoms with Crippen LogP contribution in [0.15, 0.2) is 60.7 Å². The van der Waals surface area contributed by atoms with Gasteiger partial charge in [-0.3, -0.25) is 4.72 Å². The van der Waals surface area contributed by atoms with Gasteiger partial charge in [-0.05, 0) is 60.5 Å². The monoisotopic (exact) mass is 430 g/mol. The summed E-state index contributed by atoms with van der Waals surface area (Å²) in [5.41, 5.74) is 2.97. The van der Waals surface area contributed by atoms with Gasteiger partial charge < -0.3 is 0 Å². The van der Waals surface area contributed by atoms with E-state index in [9.17, 15) is 17.2 Å². The molecule has 0 aliphatic carbocycles. The van der Waals surface area contributed by atoms with Crippen LogP contribution in [0.2, 0.25) is 0 Å². The number of rotatable bonds is 5. The van der Waals surface area contributed by atoms with E-state index in [4.69, 9.17) is 0 Å². The van der Waals surface area contributed by atoms with Gasteiger partial charge in [0.2, 0.25) is 10.0 Å². The van der Waals surface area contributed by atoms with Crippen LogP contribution in [0.4, 0.5) is 14.5 Å². The third-order valence-corrected chi connectivity index (χ3v) is 6.64. The molecular formula is C21H16F2N2O2S2. The van der Waals surface area contributed by atoms with E-state index in [2.05, 4.69) is 9.71 Å². The molecule has 0 saturated carbocycles. The van der Waals surface area contributed by atoms with E-state index in [1.807, 2.05) is 30.3 Å². The van der Waals surface area contributed by atoms with Crippen molar-refractivity contribution in [2.24, 2.45) is 0 Å². The van der Waals surface area contributed by atoms with Gasteiger partial charge in [0, 0.05) is 11.6 Å². The number of anilines is 1. The number of hydrogen-bond acceptors (Lipinski definition) is 4. The Bertz CT molecular complexity index is 1260. The van der Waals surface area contributed by atoms with Crippen LogP contribution in [-0.4, -0.2) is 13.4 Å². The molecule has 4 nitrogen and oxygen atoms in total. The van der Waals surface area contributed by atoms with E-state index >= 15 is 0 Å². The molecule has 8 heteroatoms. The first-order valence-corrected chi connectivity index (χ1v) is 11.2. The minimum absolute atomic E-state index is 0.0405. The largest absolute Gasteiger partial charge is 0.283 e. The molecule has 4 rings (SSSR count). The van der Waals surface area contributed by atoms with E-state index in [-0.39, 0.29) is 5.56 Å². The molecule has 0 radical (unpaired) electrons. The molecule has 3 aromatic carbocycles. The molecule has 0 atom stereocenters. The predicted octanol–water partition coefficient (Wildman–Crippen LogP) is 5.49. The van der Waals surface area contributed by atoms with Crippen LogP contribution >= 0.6 is 11.3 Å². The maximum atomic E-state index is 13.3. The lowest BCUT2D eigenvalue weighted by atomic mass is 10.1. The van der Waals surface area contributed by atoms with E-state index < -0.39 is 27.4 Å². The van der Waals surface area contributed by atoms with Gasteiger partial charge in [-0.2, -0.15) is 0 Å². The van der Waals surface area contributed by atoms with Crippen molar-refractivity contribution < 1.29 is 17.2 Å². The topological polar surface area (TPSA) is 59.1 Å². The van der Waals surface area contributed by atoms with Gasteiger partial charge in [0.1, 0.15) is 16.6 Å². The van der Waals surface area contributed by atoms with Crippen LogP contribution < -0.4 is 4.72 Å². The molecule has 0 spiro atoms. The Kier molecular flexibility index (Phi) is 5.06. The first kappa shape index (κ1) is 19.5. The molecule has 0 fully saturated rings. The maximum absolute atomic E-state index is 13.3. The highest BCUT2D eigenvalue weighted by molar-refractivity contribution is 7.91. The normalized spacial score (nSPS) is 11.7. The second kappa shape index (κ2) is 7.53. The average molecular weight is 431 g/mol. The number of aromatic nitrogens is 1. The fourth-order valence-corrected chi connectivity index (χ4v) is 5.23. The molecule has 4 aromatic rings. The van der Waals surface area contributed by atoms with Crippen molar-refractivity contribution in [3.05, 3.63) is 83.4 Å². The summed E-state index contributed by atoms with van der Waals surface area (Å²) in [6, 6.07) is 15.9. The number of hydrogen-bond donors (Lipinski definition) is 1. The van der Waals surface area contributed by atoms with Crippen molar-refractivity contribution in [2.45, 2.75) is 12.7 Å². The fourth-order valence-electron chi connectivity index (χ4n) is 3.02. The molecule has 0 aliphatic rings. The van der Waals surface area contributed by atoms with Crippen molar-refractivity contribution >= 4 is 37.3 Å². The van der Waals surface area contributed by atoms with E-state index in [1.165, 1.54) is 0 Å². The first-order chi connectivity index (χ1) is 13.8. The zero-order chi connectivity index (χ0) is 20.6. The summed E-state index contributed by atoms with van der Waals surface area (Å²) < 4.78 is 55.1. The van der Waals surface area contributed by atoms with Gasteiger partial charge >= 0.3 is 0 Å². The number of thiazole rings is 1. The number of aryl methyl sites for hydroxylation is 1. The van der Waals surface area contributed by atoms with Gasteiger partial charge in [-0.25, -0.2) is 22.2 Å². The summed E-state index contributed by atoms with van der Waals surface area (Å²) in [4.78, 5) is 4.61. The minimum atomic E-state index is -3.84. The number of halogens is 2. The van der Waals surface area contributed by atoms with Gasteiger partial charge in [0.25, 0.3) is 0 Å². The Morgan fingerprint density at radius 1 is 1.00 bits per heavy atom. The number of benzene rings is 3.